The number of rotatable bonds is 9. The van der Waals surface area contributed by atoms with E-state index in [1.807, 2.05) is 27.7 Å². The lowest BCUT2D eigenvalue weighted by Gasteiger charge is -2.41. The number of likely N-dealkylation sites (tertiary alicyclic amines) is 1. The number of carbonyl (C=O) groups excluding carboxylic acids is 2. The van der Waals surface area contributed by atoms with E-state index < -0.39 is 17.4 Å². The molecular formula is C24H43N3O4. The Morgan fingerprint density at radius 3 is 2.29 bits per heavy atom. The summed E-state index contributed by atoms with van der Waals surface area (Å²) in [7, 11) is 1.68. The van der Waals surface area contributed by atoms with Crippen molar-refractivity contribution >= 4 is 17.8 Å². The molecule has 0 spiro atoms. The number of piperidine rings is 1. The highest BCUT2D eigenvalue weighted by Gasteiger charge is 2.39. The summed E-state index contributed by atoms with van der Waals surface area (Å²) in [5.74, 6) is -1.29. The van der Waals surface area contributed by atoms with Gasteiger partial charge in [-0.15, -0.1) is 0 Å². The summed E-state index contributed by atoms with van der Waals surface area (Å²) in [4.78, 5) is 41.8. The van der Waals surface area contributed by atoms with E-state index in [2.05, 4.69) is 24.1 Å². The molecular weight excluding hydrogens is 394 g/mol. The average molecular weight is 438 g/mol. The van der Waals surface area contributed by atoms with Crippen LogP contribution in [0.4, 0.5) is 0 Å². The molecule has 0 aromatic carbocycles. The Morgan fingerprint density at radius 1 is 1.19 bits per heavy atom. The molecule has 178 valence electrons. The van der Waals surface area contributed by atoms with Crippen LogP contribution in [0.15, 0.2) is 11.6 Å². The third kappa shape index (κ3) is 7.34. The van der Waals surface area contributed by atoms with Crippen molar-refractivity contribution in [1.29, 1.82) is 0 Å². The summed E-state index contributed by atoms with van der Waals surface area (Å²) >= 11 is 0. The molecule has 1 saturated heterocycles. The van der Waals surface area contributed by atoms with Crippen LogP contribution in [0.5, 0.6) is 0 Å². The van der Waals surface area contributed by atoms with Crippen molar-refractivity contribution in [2.75, 3.05) is 13.6 Å². The van der Waals surface area contributed by atoms with Gasteiger partial charge in [-0.3, -0.25) is 14.5 Å². The van der Waals surface area contributed by atoms with Gasteiger partial charge >= 0.3 is 5.97 Å². The minimum absolute atomic E-state index is 0.0908. The van der Waals surface area contributed by atoms with Crippen LogP contribution in [0.25, 0.3) is 0 Å². The number of nitrogens with zero attached hydrogens (tertiary/aromatic N) is 2. The molecule has 1 aliphatic rings. The second-order valence-electron chi connectivity index (χ2n) is 9.89. The first-order valence-electron chi connectivity index (χ1n) is 11.6. The number of nitrogens with one attached hydrogen (secondary N) is 1. The van der Waals surface area contributed by atoms with Gasteiger partial charge < -0.3 is 15.3 Å². The van der Waals surface area contributed by atoms with Crippen molar-refractivity contribution in [1.82, 2.24) is 15.1 Å². The largest absolute Gasteiger partial charge is 0.478 e. The van der Waals surface area contributed by atoms with E-state index in [1.165, 1.54) is 6.92 Å². The highest BCUT2D eigenvalue weighted by atomic mass is 16.4. The molecule has 31 heavy (non-hydrogen) atoms. The number of aliphatic carboxylic acids is 1. The Balaban J connectivity index is 3.10. The summed E-state index contributed by atoms with van der Waals surface area (Å²) < 4.78 is 0. The van der Waals surface area contributed by atoms with Crippen molar-refractivity contribution in [3.8, 4) is 0 Å². The third-order valence-corrected chi connectivity index (χ3v) is 6.45. The fourth-order valence-electron chi connectivity index (χ4n) is 4.12. The van der Waals surface area contributed by atoms with Gasteiger partial charge in [0.1, 0.15) is 6.04 Å². The zero-order chi connectivity index (χ0) is 23.9. The van der Waals surface area contributed by atoms with E-state index in [0.717, 1.165) is 32.2 Å². The van der Waals surface area contributed by atoms with E-state index in [1.54, 1.807) is 18.0 Å². The van der Waals surface area contributed by atoms with Crippen LogP contribution in [0.2, 0.25) is 0 Å². The lowest BCUT2D eigenvalue weighted by atomic mass is 9.85. The predicted octanol–water partition coefficient (Wildman–Crippen LogP) is 3.44. The van der Waals surface area contributed by atoms with E-state index >= 15 is 0 Å². The monoisotopic (exact) mass is 437 g/mol. The van der Waals surface area contributed by atoms with E-state index in [4.69, 9.17) is 0 Å². The molecule has 0 saturated carbocycles. The standard InChI is InChI=1S/C24H43N3O4/c1-9-17(4)27-14-12-11-13-19(27)21(28)25-20(24(5,6)7)22(29)26(8)18(10-2)15-16(3)23(30)31/h15,17-20H,9-14H2,1-8H3,(H,25,28)(H,30,31)/b16-15+/t17?,18-,19?,20+/m0/s1. The molecule has 7 nitrogen and oxygen atoms in total. The maximum absolute atomic E-state index is 13.5. The Kier molecular flexibility index (Phi) is 10.2. The van der Waals surface area contributed by atoms with Crippen LogP contribution in [0.3, 0.4) is 0 Å². The number of carboxylic acid groups (broad SMARTS) is 1. The minimum atomic E-state index is -0.998. The number of likely N-dealkylation sites (N-methyl/N-ethyl adjacent to an activating group) is 1. The smallest absolute Gasteiger partial charge is 0.331 e. The molecule has 2 amide bonds. The maximum atomic E-state index is 13.5. The maximum Gasteiger partial charge on any atom is 0.331 e. The van der Waals surface area contributed by atoms with Gasteiger partial charge in [0.25, 0.3) is 0 Å². The van der Waals surface area contributed by atoms with Crippen LogP contribution in [0.1, 0.15) is 80.6 Å². The molecule has 0 radical (unpaired) electrons. The van der Waals surface area contributed by atoms with Crippen LogP contribution in [-0.2, 0) is 14.4 Å². The zero-order valence-corrected chi connectivity index (χ0v) is 20.7. The lowest BCUT2D eigenvalue weighted by molar-refractivity contribution is -0.141. The average Bonchev–Trinajstić information content (AvgIpc) is 2.72. The molecule has 2 unspecified atom stereocenters. The first-order chi connectivity index (χ1) is 14.3. The van der Waals surface area contributed by atoms with Crippen LogP contribution in [0, 0.1) is 5.41 Å². The molecule has 7 heteroatoms. The number of hydrogen-bond acceptors (Lipinski definition) is 4. The summed E-state index contributed by atoms with van der Waals surface area (Å²) in [5, 5.41) is 12.3. The molecule has 1 rings (SSSR count). The van der Waals surface area contributed by atoms with Gasteiger partial charge in [-0.25, -0.2) is 4.79 Å². The molecule has 1 heterocycles. The van der Waals surface area contributed by atoms with E-state index in [9.17, 15) is 19.5 Å². The number of carbonyl (C=O) groups is 3. The molecule has 4 atom stereocenters. The SMILES string of the molecule is CCC(C)N1CCCCC1C(=O)N[C@H](C(=O)N(C)[C@H](/C=C(\C)C(=O)O)CC)C(C)(C)C. The quantitative estimate of drug-likeness (QED) is 0.539. The van der Waals surface area contributed by atoms with Crippen LogP contribution in [-0.4, -0.2) is 70.4 Å². The molecule has 1 fully saturated rings. The first-order valence-corrected chi connectivity index (χ1v) is 11.6. The van der Waals surface area contributed by atoms with Crippen molar-refractivity contribution in [3.63, 3.8) is 0 Å². The minimum Gasteiger partial charge on any atom is -0.478 e. The first kappa shape index (κ1) is 27.1. The predicted molar refractivity (Wildman–Crippen MR) is 124 cm³/mol. The molecule has 0 aromatic heterocycles. The van der Waals surface area contributed by atoms with Gasteiger partial charge in [-0.1, -0.05) is 47.1 Å². The fourth-order valence-corrected chi connectivity index (χ4v) is 4.12. The molecule has 0 aromatic rings. The van der Waals surface area contributed by atoms with Crippen molar-refractivity contribution in [2.24, 2.45) is 5.41 Å². The van der Waals surface area contributed by atoms with Gasteiger partial charge in [0.05, 0.1) is 12.1 Å². The highest BCUT2D eigenvalue weighted by Crippen LogP contribution is 2.25. The number of hydrogen-bond donors (Lipinski definition) is 2. The second-order valence-corrected chi connectivity index (χ2v) is 9.89. The summed E-state index contributed by atoms with van der Waals surface area (Å²) in [6, 6.07) is -0.950. The van der Waals surface area contributed by atoms with Crippen LogP contribution < -0.4 is 5.32 Å². The van der Waals surface area contributed by atoms with Gasteiger partial charge in [-0.2, -0.15) is 0 Å². The normalized spacial score (nSPS) is 21.2. The number of carboxylic acids is 1. The Bertz CT molecular complexity index is 668. The lowest BCUT2D eigenvalue weighted by Crippen LogP contribution is -2.60. The van der Waals surface area contributed by atoms with Gasteiger partial charge in [0.15, 0.2) is 0 Å². The molecule has 2 N–H and O–H groups in total. The molecule has 0 bridgehead atoms. The Labute approximate surface area is 188 Å². The van der Waals surface area contributed by atoms with Crippen LogP contribution >= 0.6 is 0 Å². The van der Waals surface area contributed by atoms with Crippen molar-refractivity contribution in [2.45, 2.75) is 105 Å². The van der Waals surface area contributed by atoms with Gasteiger partial charge in [-0.05, 0) is 51.5 Å². The Morgan fingerprint density at radius 2 is 1.81 bits per heavy atom. The summed E-state index contributed by atoms with van der Waals surface area (Å²) in [5.41, 5.74) is -0.282. The number of amides is 2. The molecule has 1 aliphatic heterocycles. The van der Waals surface area contributed by atoms with Gasteiger partial charge in [0.2, 0.25) is 11.8 Å². The van der Waals surface area contributed by atoms with E-state index in [0.29, 0.717) is 12.5 Å². The van der Waals surface area contributed by atoms with Crippen molar-refractivity contribution in [3.05, 3.63) is 11.6 Å². The third-order valence-electron chi connectivity index (χ3n) is 6.45. The topological polar surface area (TPSA) is 90.0 Å². The summed E-state index contributed by atoms with van der Waals surface area (Å²) in [6.45, 7) is 14.4. The highest BCUT2D eigenvalue weighted by molar-refractivity contribution is 5.91. The fraction of sp³-hybridized carbons (Fsp3) is 0.792. The van der Waals surface area contributed by atoms with E-state index in [-0.39, 0.29) is 29.5 Å². The Hall–Kier alpha value is -1.89. The summed E-state index contributed by atoms with van der Waals surface area (Å²) in [6.07, 6.45) is 6.06. The zero-order valence-electron chi connectivity index (χ0n) is 20.7. The second kappa shape index (κ2) is 11.7. The van der Waals surface area contributed by atoms with Gasteiger partial charge in [0, 0.05) is 18.7 Å². The van der Waals surface area contributed by atoms with Crippen molar-refractivity contribution < 1.29 is 19.5 Å². The molecule has 0 aliphatic carbocycles.